The number of fused-ring (bicyclic) bond motifs is 1. The maximum atomic E-state index is 14.6. The molecule has 1 saturated heterocycles. The number of piperazine rings is 1. The van der Waals surface area contributed by atoms with Crippen LogP contribution in [0.2, 0.25) is 5.02 Å². The monoisotopic (exact) mass is 472 g/mol. The Morgan fingerprint density at radius 3 is 2.50 bits per heavy atom. The van der Waals surface area contributed by atoms with Crippen molar-refractivity contribution < 1.29 is 18.7 Å². The molecule has 1 fully saturated rings. The van der Waals surface area contributed by atoms with Crippen LogP contribution in [-0.2, 0) is 4.74 Å². The number of rotatable bonds is 2. The third-order valence-electron chi connectivity index (χ3n) is 4.16. The van der Waals surface area contributed by atoms with Gasteiger partial charge >= 0.3 is 6.09 Å². The van der Waals surface area contributed by atoms with E-state index in [2.05, 4.69) is 25.9 Å². The molecule has 1 amide bonds. The number of ether oxygens (including phenoxy) is 1. The molecule has 0 spiro atoms. The molecule has 0 aliphatic carbocycles. The number of hydrogen-bond donors (Lipinski definition) is 0. The summed E-state index contributed by atoms with van der Waals surface area (Å²) in [4.78, 5) is 35.2. The van der Waals surface area contributed by atoms with Crippen LogP contribution >= 0.6 is 27.5 Å². The molecule has 10 heteroatoms. The molecule has 0 bridgehead atoms. The maximum absolute atomic E-state index is 14.6. The summed E-state index contributed by atoms with van der Waals surface area (Å²) < 4.78 is 20.1. The largest absolute Gasteiger partial charge is 0.444 e. The van der Waals surface area contributed by atoms with Gasteiger partial charge in [0.25, 0.3) is 0 Å². The van der Waals surface area contributed by atoms with Crippen molar-refractivity contribution in [3.8, 4) is 0 Å². The Balaban J connectivity index is 1.91. The molecule has 0 radical (unpaired) electrons. The minimum Gasteiger partial charge on any atom is -0.444 e. The molecule has 1 aromatic heterocycles. The number of aromatic nitrogens is 2. The Morgan fingerprint density at radius 2 is 1.93 bits per heavy atom. The molecule has 1 aromatic carbocycles. The minimum absolute atomic E-state index is 0.0120. The van der Waals surface area contributed by atoms with Crippen molar-refractivity contribution in [1.29, 1.82) is 0 Å². The summed E-state index contributed by atoms with van der Waals surface area (Å²) in [5, 5.41) is 0.586. The van der Waals surface area contributed by atoms with Gasteiger partial charge in [-0.3, -0.25) is 4.79 Å². The molecule has 0 unspecified atom stereocenters. The van der Waals surface area contributed by atoms with Crippen LogP contribution in [0.4, 0.5) is 15.0 Å². The summed E-state index contributed by atoms with van der Waals surface area (Å²) in [5.74, 6) is -0.365. The molecule has 28 heavy (non-hydrogen) atoms. The van der Waals surface area contributed by atoms with E-state index in [9.17, 15) is 14.0 Å². The summed E-state index contributed by atoms with van der Waals surface area (Å²) in [6.07, 6.45) is 0.0910. The Morgan fingerprint density at radius 1 is 1.29 bits per heavy atom. The van der Waals surface area contributed by atoms with Crippen LogP contribution in [0.5, 0.6) is 0 Å². The molecule has 150 valence electrons. The highest BCUT2D eigenvalue weighted by Crippen LogP contribution is 2.35. The normalized spacial score (nSPS) is 15.1. The summed E-state index contributed by atoms with van der Waals surface area (Å²) in [7, 11) is 0. The molecular formula is C18H19BrClFN4O3. The summed E-state index contributed by atoms with van der Waals surface area (Å²) >= 11 is 9.19. The van der Waals surface area contributed by atoms with Gasteiger partial charge in [0.2, 0.25) is 0 Å². The fourth-order valence-corrected chi connectivity index (χ4v) is 3.39. The average molecular weight is 474 g/mol. The first-order valence-electron chi connectivity index (χ1n) is 8.64. The van der Waals surface area contributed by atoms with Crippen LogP contribution in [0.3, 0.4) is 0 Å². The quantitative estimate of drug-likeness (QED) is 0.484. The van der Waals surface area contributed by atoms with Gasteiger partial charge in [0.05, 0.1) is 9.50 Å². The number of carbonyl (C=O) groups excluding carboxylic acids is 2. The maximum Gasteiger partial charge on any atom is 0.410 e. The van der Waals surface area contributed by atoms with Gasteiger partial charge in [-0.05, 0) is 42.8 Å². The predicted octanol–water partition coefficient (Wildman–Crippen LogP) is 4.05. The molecule has 7 nitrogen and oxygen atoms in total. The van der Waals surface area contributed by atoms with Crippen LogP contribution in [-0.4, -0.2) is 59.0 Å². The molecule has 0 atom stereocenters. The first kappa shape index (κ1) is 20.7. The van der Waals surface area contributed by atoms with Gasteiger partial charge < -0.3 is 14.5 Å². The number of aldehydes is 1. The van der Waals surface area contributed by atoms with Crippen LogP contribution in [0.15, 0.2) is 10.5 Å². The highest BCUT2D eigenvalue weighted by Gasteiger charge is 2.28. The lowest BCUT2D eigenvalue weighted by molar-refractivity contribution is 0.0240. The zero-order valence-electron chi connectivity index (χ0n) is 15.6. The number of hydrogen-bond acceptors (Lipinski definition) is 6. The second kappa shape index (κ2) is 7.79. The van der Waals surface area contributed by atoms with E-state index in [0.717, 1.165) is 0 Å². The first-order valence-corrected chi connectivity index (χ1v) is 9.81. The first-order chi connectivity index (χ1) is 13.1. The molecular weight excluding hydrogens is 455 g/mol. The van der Waals surface area contributed by atoms with E-state index in [1.807, 2.05) is 25.7 Å². The van der Waals surface area contributed by atoms with E-state index in [1.165, 1.54) is 0 Å². The van der Waals surface area contributed by atoms with Gasteiger partial charge in [0.1, 0.15) is 16.9 Å². The molecule has 1 aliphatic heterocycles. The molecule has 0 N–H and O–H groups in total. The number of benzene rings is 1. The minimum atomic E-state index is -0.651. The third kappa shape index (κ3) is 4.20. The van der Waals surface area contributed by atoms with Gasteiger partial charge in [0, 0.05) is 31.6 Å². The SMILES string of the molecule is CC(C)(C)OC(=O)N1CCN(c2nc(C=O)nc3c(F)c(Br)c(Cl)cc23)CC1. The third-order valence-corrected chi connectivity index (χ3v) is 5.46. The Labute approximate surface area is 174 Å². The Bertz CT molecular complexity index is 943. The topological polar surface area (TPSA) is 75.6 Å². The lowest BCUT2D eigenvalue weighted by atomic mass is 10.2. The Hall–Kier alpha value is -2.00. The smallest absolute Gasteiger partial charge is 0.410 e. The van der Waals surface area contributed by atoms with Gasteiger partial charge in [-0.15, -0.1) is 0 Å². The van der Waals surface area contributed by atoms with Gasteiger partial charge in [-0.2, -0.15) is 0 Å². The van der Waals surface area contributed by atoms with E-state index in [1.54, 1.807) is 11.0 Å². The van der Waals surface area contributed by atoms with Gasteiger partial charge in [0.15, 0.2) is 17.9 Å². The number of carbonyl (C=O) groups is 2. The molecule has 1 aliphatic rings. The van der Waals surface area contributed by atoms with Crippen molar-refractivity contribution in [3.63, 3.8) is 0 Å². The number of amides is 1. The van der Waals surface area contributed by atoms with E-state index in [-0.39, 0.29) is 26.9 Å². The molecule has 3 rings (SSSR count). The zero-order valence-corrected chi connectivity index (χ0v) is 18.0. The fraction of sp³-hybridized carbons (Fsp3) is 0.444. The van der Waals surface area contributed by atoms with Crippen LogP contribution in [0, 0.1) is 5.82 Å². The van der Waals surface area contributed by atoms with Gasteiger partial charge in [-0.1, -0.05) is 11.6 Å². The second-order valence-corrected chi connectivity index (χ2v) is 8.56. The Kier molecular flexibility index (Phi) is 5.77. The number of halogens is 3. The van der Waals surface area contributed by atoms with E-state index in [0.29, 0.717) is 43.7 Å². The van der Waals surface area contributed by atoms with Crippen molar-refractivity contribution in [1.82, 2.24) is 14.9 Å². The summed E-state index contributed by atoms with van der Waals surface area (Å²) in [6, 6.07) is 1.56. The van der Waals surface area contributed by atoms with Crippen molar-refractivity contribution in [2.45, 2.75) is 26.4 Å². The van der Waals surface area contributed by atoms with E-state index < -0.39 is 11.4 Å². The van der Waals surface area contributed by atoms with Crippen molar-refractivity contribution in [3.05, 3.63) is 27.2 Å². The van der Waals surface area contributed by atoms with Crippen LogP contribution in [0.1, 0.15) is 31.4 Å². The van der Waals surface area contributed by atoms with Crippen molar-refractivity contribution >= 4 is 56.6 Å². The second-order valence-electron chi connectivity index (χ2n) is 7.36. The van der Waals surface area contributed by atoms with Crippen LogP contribution < -0.4 is 4.90 Å². The number of nitrogens with zero attached hydrogens (tertiary/aromatic N) is 4. The summed E-state index contributed by atoms with van der Waals surface area (Å²) in [6.45, 7) is 7.13. The lowest BCUT2D eigenvalue weighted by Gasteiger charge is -2.36. The van der Waals surface area contributed by atoms with E-state index >= 15 is 0 Å². The van der Waals surface area contributed by atoms with Crippen molar-refractivity contribution in [2.24, 2.45) is 0 Å². The lowest BCUT2D eigenvalue weighted by Crippen LogP contribution is -2.50. The highest BCUT2D eigenvalue weighted by molar-refractivity contribution is 9.10. The summed E-state index contributed by atoms with van der Waals surface area (Å²) in [5.41, 5.74) is -0.560. The highest BCUT2D eigenvalue weighted by atomic mass is 79.9. The average Bonchev–Trinajstić information content (AvgIpc) is 2.64. The van der Waals surface area contributed by atoms with Crippen molar-refractivity contribution in [2.75, 3.05) is 31.1 Å². The van der Waals surface area contributed by atoms with Crippen LogP contribution in [0.25, 0.3) is 10.9 Å². The standard InChI is InChI=1S/C18H19BrClFN4O3/c1-18(2,3)28-17(27)25-6-4-24(5-7-25)16-10-8-11(20)13(19)14(21)15(10)22-12(9-26)23-16/h8-9H,4-7H2,1-3H3. The molecule has 0 saturated carbocycles. The molecule has 2 heterocycles. The number of anilines is 1. The predicted molar refractivity (Wildman–Crippen MR) is 108 cm³/mol. The van der Waals surface area contributed by atoms with E-state index in [4.69, 9.17) is 16.3 Å². The fourth-order valence-electron chi connectivity index (χ4n) is 2.89. The molecule has 2 aromatic rings. The van der Waals surface area contributed by atoms with Gasteiger partial charge in [-0.25, -0.2) is 19.2 Å². The zero-order chi connectivity index (χ0) is 20.6.